The van der Waals surface area contributed by atoms with Crippen LogP contribution in [0, 0.1) is 6.92 Å². The van der Waals surface area contributed by atoms with Gasteiger partial charge in [-0.1, -0.05) is 26.0 Å². The van der Waals surface area contributed by atoms with E-state index >= 15 is 0 Å². The lowest BCUT2D eigenvalue weighted by molar-refractivity contribution is -0.114. The van der Waals surface area contributed by atoms with Crippen LogP contribution in [0.2, 0.25) is 0 Å². The summed E-state index contributed by atoms with van der Waals surface area (Å²) in [5.41, 5.74) is 3.44. The third-order valence-electron chi connectivity index (χ3n) is 3.71. The summed E-state index contributed by atoms with van der Waals surface area (Å²) in [5, 5.41) is 7.48. The van der Waals surface area contributed by atoms with E-state index in [-0.39, 0.29) is 11.8 Å². The fraction of sp³-hybridized carbons (Fsp3) is 0.263. The van der Waals surface area contributed by atoms with Crippen molar-refractivity contribution in [2.45, 2.75) is 33.6 Å². The predicted octanol–water partition coefficient (Wildman–Crippen LogP) is 3.72. The van der Waals surface area contributed by atoms with E-state index in [2.05, 4.69) is 29.2 Å². The van der Waals surface area contributed by atoms with Crippen molar-refractivity contribution in [3.63, 3.8) is 0 Å². The average Bonchev–Trinajstić information content (AvgIpc) is 3.00. The first-order valence-electron chi connectivity index (χ1n) is 8.22. The van der Waals surface area contributed by atoms with Gasteiger partial charge in [0.15, 0.2) is 11.6 Å². The summed E-state index contributed by atoms with van der Waals surface area (Å²) in [6.07, 6.45) is 1.76. The Morgan fingerprint density at radius 3 is 2.68 bits per heavy atom. The minimum absolute atomic E-state index is 0.105. The summed E-state index contributed by atoms with van der Waals surface area (Å²) >= 11 is 0. The molecule has 0 unspecified atom stereocenters. The van der Waals surface area contributed by atoms with E-state index in [0.717, 1.165) is 34.3 Å². The number of pyridine rings is 1. The van der Waals surface area contributed by atoms with Crippen LogP contribution in [0.25, 0.3) is 17.1 Å². The third-order valence-corrected chi connectivity index (χ3v) is 3.71. The Balaban J connectivity index is 2.13. The van der Waals surface area contributed by atoms with Gasteiger partial charge in [-0.3, -0.25) is 9.78 Å². The van der Waals surface area contributed by atoms with E-state index in [4.69, 9.17) is 4.98 Å². The number of amides is 1. The molecule has 0 aliphatic carbocycles. The normalized spacial score (nSPS) is 10.9. The number of nitrogens with one attached hydrogen (secondary N) is 1. The minimum atomic E-state index is -0.105. The van der Waals surface area contributed by atoms with Gasteiger partial charge in [0, 0.05) is 36.0 Å². The van der Waals surface area contributed by atoms with Crippen molar-refractivity contribution in [1.82, 2.24) is 19.7 Å². The van der Waals surface area contributed by atoms with Gasteiger partial charge >= 0.3 is 0 Å². The topological polar surface area (TPSA) is 72.7 Å². The molecule has 0 aliphatic rings. The van der Waals surface area contributed by atoms with E-state index in [1.165, 1.54) is 6.92 Å². The van der Waals surface area contributed by atoms with Crippen LogP contribution in [0.5, 0.6) is 0 Å². The molecule has 128 valence electrons. The highest BCUT2D eigenvalue weighted by molar-refractivity contribution is 5.89. The zero-order chi connectivity index (χ0) is 18.0. The Bertz CT molecular complexity index is 914. The number of hydrogen-bond acceptors (Lipinski definition) is 4. The number of nitrogens with zero attached hydrogens (tertiary/aromatic N) is 4. The van der Waals surface area contributed by atoms with Gasteiger partial charge in [-0.15, -0.1) is 0 Å². The van der Waals surface area contributed by atoms with Gasteiger partial charge in [0.1, 0.15) is 0 Å². The lowest BCUT2D eigenvalue weighted by Gasteiger charge is -2.08. The number of anilines is 1. The van der Waals surface area contributed by atoms with Crippen LogP contribution in [0.3, 0.4) is 0 Å². The second-order valence-electron chi connectivity index (χ2n) is 6.28. The summed E-state index contributed by atoms with van der Waals surface area (Å²) in [6, 6.07) is 11.5. The molecule has 3 aromatic rings. The van der Waals surface area contributed by atoms with Gasteiger partial charge in [0.05, 0.1) is 5.69 Å². The maximum Gasteiger partial charge on any atom is 0.221 e. The maximum absolute atomic E-state index is 11.3. The van der Waals surface area contributed by atoms with Crippen molar-refractivity contribution < 1.29 is 4.79 Å². The summed E-state index contributed by atoms with van der Waals surface area (Å²) < 4.78 is 1.83. The zero-order valence-corrected chi connectivity index (χ0v) is 14.8. The molecule has 1 aromatic carbocycles. The molecule has 0 fully saturated rings. The monoisotopic (exact) mass is 335 g/mol. The van der Waals surface area contributed by atoms with Gasteiger partial charge in [0.2, 0.25) is 5.91 Å². The molecule has 3 rings (SSSR count). The molecule has 1 N–H and O–H groups in total. The quantitative estimate of drug-likeness (QED) is 0.788. The molecule has 0 spiro atoms. The van der Waals surface area contributed by atoms with E-state index in [0.29, 0.717) is 0 Å². The van der Waals surface area contributed by atoms with Gasteiger partial charge in [-0.2, -0.15) is 5.10 Å². The van der Waals surface area contributed by atoms with Crippen LogP contribution in [0.15, 0.2) is 42.6 Å². The Morgan fingerprint density at radius 1 is 1.20 bits per heavy atom. The SMILES string of the molecule is CC(=O)Nc1cccc(-c2nc(C(C)C)nn2-c2ccnc(C)c2)c1. The minimum Gasteiger partial charge on any atom is -0.326 e. The number of carbonyl (C=O) groups excluding carboxylic acids is 1. The van der Waals surface area contributed by atoms with Crippen molar-refractivity contribution in [3.8, 4) is 17.1 Å². The number of aryl methyl sites for hydroxylation is 1. The van der Waals surface area contributed by atoms with Gasteiger partial charge < -0.3 is 5.32 Å². The van der Waals surface area contributed by atoms with E-state index in [1.807, 2.05) is 48.0 Å². The Labute approximate surface area is 146 Å². The largest absolute Gasteiger partial charge is 0.326 e. The smallest absolute Gasteiger partial charge is 0.221 e. The molecule has 6 nitrogen and oxygen atoms in total. The average molecular weight is 335 g/mol. The molecular formula is C19H21N5O. The molecule has 0 saturated carbocycles. The molecule has 25 heavy (non-hydrogen) atoms. The number of aromatic nitrogens is 4. The van der Waals surface area contributed by atoms with Crippen molar-refractivity contribution in [3.05, 3.63) is 54.1 Å². The van der Waals surface area contributed by atoms with Gasteiger partial charge in [-0.25, -0.2) is 9.67 Å². The second-order valence-corrected chi connectivity index (χ2v) is 6.28. The van der Waals surface area contributed by atoms with E-state index in [9.17, 15) is 4.79 Å². The van der Waals surface area contributed by atoms with E-state index < -0.39 is 0 Å². The highest BCUT2D eigenvalue weighted by Gasteiger charge is 2.16. The van der Waals surface area contributed by atoms with Gasteiger partial charge in [0.25, 0.3) is 0 Å². The van der Waals surface area contributed by atoms with Crippen LogP contribution in [-0.2, 0) is 4.79 Å². The highest BCUT2D eigenvalue weighted by Crippen LogP contribution is 2.26. The molecule has 0 bridgehead atoms. The maximum atomic E-state index is 11.3. The number of carbonyl (C=O) groups is 1. The lowest BCUT2D eigenvalue weighted by Crippen LogP contribution is -2.06. The summed E-state index contributed by atoms with van der Waals surface area (Å²) in [7, 11) is 0. The molecule has 0 radical (unpaired) electrons. The number of benzene rings is 1. The Morgan fingerprint density at radius 2 is 2.00 bits per heavy atom. The van der Waals surface area contributed by atoms with Crippen molar-refractivity contribution >= 4 is 11.6 Å². The van der Waals surface area contributed by atoms with Crippen LogP contribution in [0.4, 0.5) is 5.69 Å². The summed E-state index contributed by atoms with van der Waals surface area (Å²) in [6.45, 7) is 7.57. The van der Waals surface area contributed by atoms with Gasteiger partial charge in [-0.05, 0) is 31.2 Å². The highest BCUT2D eigenvalue weighted by atomic mass is 16.1. The first-order chi connectivity index (χ1) is 11.9. The van der Waals surface area contributed by atoms with Crippen molar-refractivity contribution in [2.24, 2.45) is 0 Å². The Hall–Kier alpha value is -3.02. The molecule has 0 atom stereocenters. The summed E-state index contributed by atoms with van der Waals surface area (Å²) in [4.78, 5) is 20.3. The first kappa shape index (κ1) is 16.8. The van der Waals surface area contributed by atoms with Crippen LogP contribution < -0.4 is 5.32 Å². The summed E-state index contributed by atoms with van der Waals surface area (Å²) in [5.74, 6) is 1.61. The van der Waals surface area contributed by atoms with E-state index in [1.54, 1.807) is 6.20 Å². The third kappa shape index (κ3) is 3.74. The Kier molecular flexibility index (Phi) is 4.61. The van der Waals surface area contributed by atoms with Crippen LogP contribution in [0.1, 0.15) is 38.2 Å². The van der Waals surface area contributed by atoms with Crippen molar-refractivity contribution in [1.29, 1.82) is 0 Å². The molecule has 0 saturated heterocycles. The number of rotatable bonds is 4. The molecule has 2 aromatic heterocycles. The van der Waals surface area contributed by atoms with Crippen LogP contribution in [-0.4, -0.2) is 25.7 Å². The first-order valence-corrected chi connectivity index (χ1v) is 8.22. The standard InChI is InChI=1S/C19H21N5O/c1-12(2)18-22-19(15-6-5-7-16(11-15)21-14(4)25)24(23-18)17-8-9-20-13(3)10-17/h5-12H,1-4H3,(H,21,25). The zero-order valence-electron chi connectivity index (χ0n) is 14.8. The molecule has 2 heterocycles. The second kappa shape index (κ2) is 6.84. The molecule has 6 heteroatoms. The number of hydrogen-bond donors (Lipinski definition) is 1. The van der Waals surface area contributed by atoms with Crippen LogP contribution >= 0.6 is 0 Å². The molecule has 1 amide bonds. The fourth-order valence-corrected chi connectivity index (χ4v) is 2.54. The predicted molar refractivity (Wildman–Crippen MR) is 97.7 cm³/mol. The molecule has 0 aliphatic heterocycles. The van der Waals surface area contributed by atoms with Crippen molar-refractivity contribution in [2.75, 3.05) is 5.32 Å². The fourth-order valence-electron chi connectivity index (χ4n) is 2.54. The lowest BCUT2D eigenvalue weighted by atomic mass is 10.1. The molecular weight excluding hydrogens is 314 g/mol.